The van der Waals surface area contributed by atoms with Gasteiger partial charge in [-0.25, -0.2) is 9.98 Å². The minimum absolute atomic E-state index is 0. The van der Waals surface area contributed by atoms with Crippen molar-refractivity contribution in [2.75, 3.05) is 13.1 Å². The molecule has 0 saturated heterocycles. The third kappa shape index (κ3) is 6.59. The zero-order valence-corrected chi connectivity index (χ0v) is 18.3. The number of aliphatic hydroxyl groups is 1. The van der Waals surface area contributed by atoms with Gasteiger partial charge >= 0.3 is 0 Å². The fraction of sp³-hybridized carbons (Fsp3) is 0.529. The standard InChI is InChI=1S/C17H26N4O2S.HI/c1-5-13-9-19-15(24-13)10-20-16(18-6-2)21-11-17(4,22)14-8-7-12(3)23-14;/h7-9,22H,5-6,10-11H2,1-4H3,(H2,18,20,21);1H. The first-order chi connectivity index (χ1) is 11.4. The fourth-order valence-corrected chi connectivity index (χ4v) is 2.93. The van der Waals surface area contributed by atoms with Gasteiger partial charge in [-0.3, -0.25) is 0 Å². The van der Waals surface area contributed by atoms with Crippen LogP contribution in [0, 0.1) is 6.92 Å². The van der Waals surface area contributed by atoms with Gasteiger partial charge in [-0.1, -0.05) is 6.92 Å². The second-order valence-electron chi connectivity index (χ2n) is 5.81. The Bertz CT molecular complexity index is 682. The molecular weight excluding hydrogens is 451 g/mol. The smallest absolute Gasteiger partial charge is 0.191 e. The van der Waals surface area contributed by atoms with Crippen LogP contribution in [-0.4, -0.2) is 29.1 Å². The van der Waals surface area contributed by atoms with Crippen molar-refractivity contribution in [2.45, 2.75) is 46.3 Å². The Morgan fingerprint density at radius 3 is 2.68 bits per heavy atom. The molecule has 0 saturated carbocycles. The minimum Gasteiger partial charge on any atom is -0.463 e. The van der Waals surface area contributed by atoms with E-state index < -0.39 is 5.60 Å². The Morgan fingerprint density at radius 1 is 1.36 bits per heavy atom. The number of nitrogens with one attached hydrogen (secondary N) is 2. The lowest BCUT2D eigenvalue weighted by molar-refractivity contribution is 0.0378. The van der Waals surface area contributed by atoms with E-state index >= 15 is 0 Å². The Hall–Kier alpha value is -1.13. The summed E-state index contributed by atoms with van der Waals surface area (Å²) >= 11 is 1.68. The van der Waals surface area contributed by atoms with Crippen LogP contribution in [0.15, 0.2) is 27.7 Å². The second kappa shape index (κ2) is 10.1. The van der Waals surface area contributed by atoms with Crippen LogP contribution in [0.3, 0.4) is 0 Å². The van der Waals surface area contributed by atoms with E-state index in [4.69, 9.17) is 4.42 Å². The first kappa shape index (κ1) is 21.9. The Kier molecular flexibility index (Phi) is 8.87. The molecule has 0 radical (unpaired) electrons. The average Bonchev–Trinajstić information content (AvgIpc) is 3.19. The summed E-state index contributed by atoms with van der Waals surface area (Å²) < 4.78 is 5.53. The molecule has 1 atom stereocenters. The molecule has 2 rings (SSSR count). The van der Waals surface area contributed by atoms with Crippen LogP contribution in [0.2, 0.25) is 0 Å². The molecule has 0 fully saturated rings. The third-order valence-electron chi connectivity index (χ3n) is 3.54. The summed E-state index contributed by atoms with van der Waals surface area (Å²) in [4.78, 5) is 10.2. The zero-order chi connectivity index (χ0) is 17.6. The van der Waals surface area contributed by atoms with Gasteiger partial charge in [0, 0.05) is 17.6 Å². The van der Waals surface area contributed by atoms with E-state index in [-0.39, 0.29) is 24.0 Å². The molecule has 0 aliphatic heterocycles. The van der Waals surface area contributed by atoms with Crippen molar-refractivity contribution < 1.29 is 9.52 Å². The molecule has 0 aliphatic rings. The van der Waals surface area contributed by atoms with E-state index in [1.54, 1.807) is 24.3 Å². The second-order valence-corrected chi connectivity index (χ2v) is 7.01. The number of hydrogen-bond donors (Lipinski definition) is 3. The Labute approximate surface area is 170 Å². The molecule has 25 heavy (non-hydrogen) atoms. The highest BCUT2D eigenvalue weighted by Gasteiger charge is 2.27. The van der Waals surface area contributed by atoms with Gasteiger partial charge in [0.25, 0.3) is 0 Å². The van der Waals surface area contributed by atoms with Gasteiger partial charge in [0.2, 0.25) is 0 Å². The normalized spacial score (nSPS) is 13.9. The number of halogens is 1. The van der Waals surface area contributed by atoms with Gasteiger partial charge in [-0.15, -0.1) is 35.3 Å². The van der Waals surface area contributed by atoms with Crippen LogP contribution in [0.1, 0.15) is 42.2 Å². The monoisotopic (exact) mass is 478 g/mol. The molecule has 3 N–H and O–H groups in total. The number of nitrogens with zero attached hydrogens (tertiary/aromatic N) is 2. The Balaban J connectivity index is 0.00000312. The highest BCUT2D eigenvalue weighted by Crippen LogP contribution is 2.21. The lowest BCUT2D eigenvalue weighted by atomic mass is 10.0. The van der Waals surface area contributed by atoms with E-state index in [0.717, 1.165) is 23.7 Å². The van der Waals surface area contributed by atoms with E-state index in [0.29, 0.717) is 24.8 Å². The molecule has 6 nitrogen and oxygen atoms in total. The maximum absolute atomic E-state index is 10.6. The van der Waals surface area contributed by atoms with Crippen LogP contribution in [0.5, 0.6) is 0 Å². The highest BCUT2D eigenvalue weighted by atomic mass is 127. The molecule has 2 aromatic rings. The van der Waals surface area contributed by atoms with Gasteiger partial charge in [-0.05, 0) is 39.3 Å². The first-order valence-corrected chi connectivity index (χ1v) is 9.01. The summed E-state index contributed by atoms with van der Waals surface area (Å²) in [7, 11) is 0. The number of aliphatic imine (C=N–C) groups is 1. The molecule has 0 aromatic carbocycles. The number of furan rings is 1. The summed E-state index contributed by atoms with van der Waals surface area (Å²) in [6, 6.07) is 3.64. The van der Waals surface area contributed by atoms with E-state index in [1.165, 1.54) is 4.88 Å². The van der Waals surface area contributed by atoms with Gasteiger partial charge < -0.3 is 20.2 Å². The average molecular weight is 478 g/mol. The summed E-state index contributed by atoms with van der Waals surface area (Å²) in [5.74, 6) is 1.96. The molecule has 0 spiro atoms. The largest absolute Gasteiger partial charge is 0.463 e. The van der Waals surface area contributed by atoms with Crippen molar-refractivity contribution in [3.8, 4) is 0 Å². The molecule has 0 bridgehead atoms. The van der Waals surface area contributed by atoms with Crippen LogP contribution in [-0.2, 0) is 18.6 Å². The lowest BCUT2D eigenvalue weighted by Crippen LogP contribution is -2.44. The van der Waals surface area contributed by atoms with E-state index in [1.807, 2.05) is 26.1 Å². The van der Waals surface area contributed by atoms with Gasteiger partial charge in [0.1, 0.15) is 22.1 Å². The molecule has 0 aliphatic carbocycles. The van der Waals surface area contributed by atoms with E-state index in [2.05, 4.69) is 27.5 Å². The van der Waals surface area contributed by atoms with Gasteiger partial charge in [0.05, 0.1) is 13.1 Å². The molecule has 2 aromatic heterocycles. The molecule has 8 heteroatoms. The van der Waals surface area contributed by atoms with Crippen LogP contribution in [0.25, 0.3) is 0 Å². The lowest BCUT2D eigenvalue weighted by Gasteiger charge is -2.22. The zero-order valence-electron chi connectivity index (χ0n) is 15.1. The van der Waals surface area contributed by atoms with Crippen molar-refractivity contribution in [1.82, 2.24) is 15.6 Å². The minimum atomic E-state index is -1.11. The maximum Gasteiger partial charge on any atom is 0.191 e. The number of guanidine groups is 1. The van der Waals surface area contributed by atoms with Crippen LogP contribution < -0.4 is 10.6 Å². The maximum atomic E-state index is 10.6. The molecule has 2 heterocycles. The van der Waals surface area contributed by atoms with Gasteiger partial charge in [0.15, 0.2) is 5.96 Å². The topological polar surface area (TPSA) is 82.7 Å². The number of hydrogen-bond acceptors (Lipinski definition) is 5. The third-order valence-corrected chi connectivity index (χ3v) is 4.66. The van der Waals surface area contributed by atoms with Gasteiger partial charge in [-0.2, -0.15) is 0 Å². The molecule has 0 amide bonds. The number of thiazole rings is 1. The van der Waals surface area contributed by atoms with Crippen molar-refractivity contribution in [3.63, 3.8) is 0 Å². The molecule has 1 unspecified atom stereocenters. The summed E-state index contributed by atoms with van der Waals surface area (Å²) in [5.41, 5.74) is -1.11. The van der Waals surface area contributed by atoms with Crippen molar-refractivity contribution in [1.29, 1.82) is 0 Å². The predicted molar refractivity (Wildman–Crippen MR) is 113 cm³/mol. The van der Waals surface area contributed by atoms with E-state index in [9.17, 15) is 5.11 Å². The molecule has 140 valence electrons. The Morgan fingerprint density at radius 2 is 2.12 bits per heavy atom. The first-order valence-electron chi connectivity index (χ1n) is 8.19. The predicted octanol–water partition coefficient (Wildman–Crippen LogP) is 3.19. The fourth-order valence-electron chi connectivity index (χ4n) is 2.14. The molecular formula is C17H27IN4O2S. The van der Waals surface area contributed by atoms with Crippen LogP contribution >= 0.6 is 35.3 Å². The van der Waals surface area contributed by atoms with Crippen molar-refractivity contribution in [2.24, 2.45) is 4.99 Å². The number of aromatic nitrogens is 1. The summed E-state index contributed by atoms with van der Waals surface area (Å²) in [6.45, 7) is 9.25. The quantitative estimate of drug-likeness (QED) is 0.324. The number of rotatable bonds is 7. The van der Waals surface area contributed by atoms with Crippen molar-refractivity contribution in [3.05, 3.63) is 39.7 Å². The SMILES string of the molecule is CCNC(=NCc1ncc(CC)s1)NCC(C)(O)c1ccc(C)o1.I. The highest BCUT2D eigenvalue weighted by molar-refractivity contribution is 14.0. The summed E-state index contributed by atoms with van der Waals surface area (Å²) in [6.07, 6.45) is 2.89. The summed E-state index contributed by atoms with van der Waals surface area (Å²) in [5, 5.41) is 17.9. The van der Waals surface area contributed by atoms with Crippen molar-refractivity contribution >= 4 is 41.3 Å². The van der Waals surface area contributed by atoms with Crippen LogP contribution in [0.4, 0.5) is 0 Å². The number of aryl methyl sites for hydroxylation is 2.